The molecule has 144 valence electrons. The highest BCUT2D eigenvalue weighted by atomic mass is 16.4. The number of nitrogens with one attached hydrogen (secondary N) is 2. The van der Waals surface area contributed by atoms with Crippen LogP contribution in [0, 0.1) is 0 Å². The van der Waals surface area contributed by atoms with E-state index in [9.17, 15) is 19.2 Å². The van der Waals surface area contributed by atoms with Crippen LogP contribution in [0.4, 0.5) is 16.2 Å². The quantitative estimate of drug-likeness (QED) is 0.689. The van der Waals surface area contributed by atoms with Gasteiger partial charge in [0.1, 0.15) is 0 Å². The van der Waals surface area contributed by atoms with Gasteiger partial charge in [0.15, 0.2) is 0 Å². The number of hydrogen-bond donors (Lipinski definition) is 3. The monoisotopic (exact) mass is 381 g/mol. The average Bonchev–Trinajstić information content (AvgIpc) is 2.86. The van der Waals surface area contributed by atoms with Gasteiger partial charge in [-0.2, -0.15) is 0 Å². The van der Waals surface area contributed by atoms with E-state index in [-0.39, 0.29) is 29.8 Å². The molecule has 0 aromatic heterocycles. The molecule has 0 atom stereocenters. The molecule has 0 radical (unpaired) electrons. The van der Waals surface area contributed by atoms with E-state index < -0.39 is 12.0 Å². The van der Waals surface area contributed by atoms with Gasteiger partial charge in [-0.05, 0) is 49.7 Å². The number of carbonyl (C=O) groups excluding carboxylic acids is 3. The highest BCUT2D eigenvalue weighted by molar-refractivity contribution is 6.22. The van der Waals surface area contributed by atoms with Crippen molar-refractivity contribution in [2.24, 2.45) is 0 Å². The van der Waals surface area contributed by atoms with Crippen molar-refractivity contribution in [3.8, 4) is 0 Å². The van der Waals surface area contributed by atoms with E-state index in [2.05, 4.69) is 10.6 Å². The van der Waals surface area contributed by atoms with E-state index in [0.29, 0.717) is 22.5 Å². The van der Waals surface area contributed by atoms with E-state index in [1.165, 1.54) is 17.0 Å². The summed E-state index contributed by atoms with van der Waals surface area (Å²) in [5.74, 6) is -1.65. The van der Waals surface area contributed by atoms with Crippen molar-refractivity contribution in [2.45, 2.75) is 26.3 Å². The number of nitrogens with zero attached hydrogens (tertiary/aromatic N) is 1. The number of carboxylic acid groups (broad SMARTS) is 1. The molecule has 1 heterocycles. The highest BCUT2D eigenvalue weighted by Crippen LogP contribution is 2.27. The van der Waals surface area contributed by atoms with Crippen LogP contribution in [0.25, 0.3) is 0 Å². The van der Waals surface area contributed by atoms with Crippen LogP contribution in [0.3, 0.4) is 0 Å². The zero-order valence-corrected chi connectivity index (χ0v) is 15.4. The van der Waals surface area contributed by atoms with Crippen LogP contribution in [0.15, 0.2) is 42.5 Å². The van der Waals surface area contributed by atoms with Crippen LogP contribution in [-0.4, -0.2) is 39.9 Å². The molecule has 2 aromatic carbocycles. The summed E-state index contributed by atoms with van der Waals surface area (Å²) in [7, 11) is 0. The van der Waals surface area contributed by atoms with Gasteiger partial charge in [-0.15, -0.1) is 0 Å². The fourth-order valence-corrected chi connectivity index (χ4v) is 2.98. The number of carbonyl (C=O) groups is 4. The SMILES string of the molecule is CC(C)N1C(=O)c2ccc(NC(=O)Nc3ccc(CC(=O)O)cc3)cc2C1=O. The number of amides is 4. The van der Waals surface area contributed by atoms with Crippen molar-refractivity contribution in [3.05, 3.63) is 59.2 Å². The Labute approximate surface area is 161 Å². The van der Waals surface area contributed by atoms with Crippen LogP contribution in [0.5, 0.6) is 0 Å². The first kappa shape index (κ1) is 19.1. The van der Waals surface area contributed by atoms with Crippen molar-refractivity contribution in [1.82, 2.24) is 4.90 Å². The van der Waals surface area contributed by atoms with Crippen molar-refractivity contribution in [1.29, 1.82) is 0 Å². The van der Waals surface area contributed by atoms with Crippen LogP contribution < -0.4 is 10.6 Å². The van der Waals surface area contributed by atoms with Crippen LogP contribution in [0.2, 0.25) is 0 Å². The molecule has 4 amide bonds. The summed E-state index contributed by atoms with van der Waals surface area (Å²) in [4.78, 5) is 48.8. The van der Waals surface area contributed by atoms with Gasteiger partial charge < -0.3 is 15.7 Å². The lowest BCUT2D eigenvalue weighted by Gasteiger charge is -2.17. The third-order valence-electron chi connectivity index (χ3n) is 4.26. The molecule has 0 saturated carbocycles. The lowest BCUT2D eigenvalue weighted by atomic mass is 10.1. The maximum Gasteiger partial charge on any atom is 0.323 e. The van der Waals surface area contributed by atoms with Gasteiger partial charge in [0, 0.05) is 17.4 Å². The number of benzene rings is 2. The highest BCUT2D eigenvalue weighted by Gasteiger charge is 2.37. The lowest BCUT2D eigenvalue weighted by molar-refractivity contribution is -0.136. The molecule has 1 aliphatic heterocycles. The second-order valence-electron chi connectivity index (χ2n) is 6.68. The van der Waals surface area contributed by atoms with Gasteiger partial charge in [-0.3, -0.25) is 19.3 Å². The summed E-state index contributed by atoms with van der Waals surface area (Å²) in [6, 6.07) is 10.2. The fraction of sp³-hybridized carbons (Fsp3) is 0.200. The van der Waals surface area contributed by atoms with Gasteiger partial charge >= 0.3 is 12.0 Å². The largest absolute Gasteiger partial charge is 0.481 e. The zero-order valence-electron chi connectivity index (χ0n) is 15.4. The Bertz CT molecular complexity index is 966. The summed E-state index contributed by atoms with van der Waals surface area (Å²) in [5.41, 5.74) is 2.07. The Morgan fingerprint density at radius 1 is 0.929 bits per heavy atom. The van der Waals surface area contributed by atoms with Gasteiger partial charge in [0.25, 0.3) is 11.8 Å². The van der Waals surface area contributed by atoms with E-state index in [0.717, 1.165) is 0 Å². The molecular formula is C20H19N3O5. The molecule has 2 aromatic rings. The summed E-state index contributed by atoms with van der Waals surface area (Å²) in [6.45, 7) is 3.52. The number of aliphatic carboxylic acids is 1. The van der Waals surface area contributed by atoms with Crippen LogP contribution in [0.1, 0.15) is 40.1 Å². The van der Waals surface area contributed by atoms with Gasteiger partial charge in [0.2, 0.25) is 0 Å². The van der Waals surface area contributed by atoms with Gasteiger partial charge in [-0.25, -0.2) is 4.79 Å². The summed E-state index contributed by atoms with van der Waals surface area (Å²) < 4.78 is 0. The number of urea groups is 1. The smallest absolute Gasteiger partial charge is 0.323 e. The van der Waals surface area contributed by atoms with E-state index in [1.54, 1.807) is 44.2 Å². The maximum absolute atomic E-state index is 12.4. The van der Waals surface area contributed by atoms with E-state index in [4.69, 9.17) is 5.11 Å². The maximum atomic E-state index is 12.4. The molecule has 8 nitrogen and oxygen atoms in total. The molecule has 3 rings (SSSR count). The van der Waals surface area contributed by atoms with Gasteiger partial charge in [-0.1, -0.05) is 12.1 Å². The topological polar surface area (TPSA) is 116 Å². The third-order valence-corrected chi connectivity index (χ3v) is 4.26. The summed E-state index contributed by atoms with van der Waals surface area (Å²) >= 11 is 0. The number of anilines is 2. The van der Waals surface area contributed by atoms with Crippen LogP contribution >= 0.6 is 0 Å². The number of carboxylic acids is 1. The second-order valence-corrected chi connectivity index (χ2v) is 6.68. The first-order valence-corrected chi connectivity index (χ1v) is 8.67. The molecule has 0 aliphatic carbocycles. The molecule has 1 aliphatic rings. The standard InChI is InChI=1S/C20H19N3O5/c1-11(2)23-18(26)15-8-7-14(10-16(15)19(23)27)22-20(28)21-13-5-3-12(4-6-13)9-17(24)25/h3-8,10-11H,9H2,1-2H3,(H,24,25)(H2,21,22,28). The molecule has 8 heteroatoms. The minimum atomic E-state index is -0.931. The Balaban J connectivity index is 1.68. The van der Waals surface area contributed by atoms with E-state index in [1.807, 2.05) is 0 Å². The number of imide groups is 1. The molecule has 28 heavy (non-hydrogen) atoms. The Hall–Kier alpha value is -3.68. The molecule has 0 spiro atoms. The second kappa shape index (κ2) is 7.51. The van der Waals surface area contributed by atoms with Crippen molar-refractivity contribution >= 4 is 35.2 Å². The molecule has 0 fully saturated rings. The number of hydrogen-bond acceptors (Lipinski definition) is 4. The Morgan fingerprint density at radius 2 is 1.50 bits per heavy atom. The molecular weight excluding hydrogens is 362 g/mol. The van der Waals surface area contributed by atoms with Crippen molar-refractivity contribution in [2.75, 3.05) is 10.6 Å². The predicted molar refractivity (Wildman–Crippen MR) is 103 cm³/mol. The van der Waals surface area contributed by atoms with E-state index >= 15 is 0 Å². The zero-order chi connectivity index (χ0) is 20.4. The first-order valence-electron chi connectivity index (χ1n) is 8.67. The number of fused-ring (bicyclic) bond motifs is 1. The summed E-state index contributed by atoms with van der Waals surface area (Å²) in [5, 5.41) is 14.0. The molecule has 0 unspecified atom stereocenters. The Morgan fingerprint density at radius 3 is 2.11 bits per heavy atom. The van der Waals surface area contributed by atoms with Crippen LogP contribution in [-0.2, 0) is 11.2 Å². The minimum absolute atomic E-state index is 0.0955. The predicted octanol–water partition coefficient (Wildman–Crippen LogP) is 2.96. The van der Waals surface area contributed by atoms with Crippen molar-refractivity contribution < 1.29 is 24.3 Å². The Kier molecular flexibility index (Phi) is 5.12. The third kappa shape index (κ3) is 3.85. The van der Waals surface area contributed by atoms with Gasteiger partial charge in [0.05, 0.1) is 17.5 Å². The first-order chi connectivity index (χ1) is 13.3. The number of rotatable bonds is 5. The lowest BCUT2D eigenvalue weighted by Crippen LogP contribution is -2.35. The summed E-state index contributed by atoms with van der Waals surface area (Å²) in [6.07, 6.45) is -0.0955. The van der Waals surface area contributed by atoms with Crippen molar-refractivity contribution in [3.63, 3.8) is 0 Å². The molecule has 0 saturated heterocycles. The fourth-order valence-electron chi connectivity index (χ4n) is 2.98. The normalized spacial score (nSPS) is 12.9. The average molecular weight is 381 g/mol. The molecule has 3 N–H and O–H groups in total. The molecule has 0 bridgehead atoms. The minimum Gasteiger partial charge on any atom is -0.481 e.